The van der Waals surface area contributed by atoms with Crippen LogP contribution in [0.3, 0.4) is 0 Å². The predicted octanol–water partition coefficient (Wildman–Crippen LogP) is 3.54. The average molecular weight is 379 g/mol. The molecule has 0 aliphatic carbocycles. The van der Waals surface area contributed by atoms with Gasteiger partial charge in [-0.3, -0.25) is 9.59 Å². The van der Waals surface area contributed by atoms with E-state index < -0.39 is 11.9 Å². The van der Waals surface area contributed by atoms with Gasteiger partial charge in [-0.1, -0.05) is 29.8 Å². The lowest BCUT2D eigenvalue weighted by Gasteiger charge is -2.18. The van der Waals surface area contributed by atoms with Crippen molar-refractivity contribution in [2.45, 2.75) is 12.5 Å². The Morgan fingerprint density at radius 3 is 2.64 bits per heavy atom. The van der Waals surface area contributed by atoms with Crippen molar-refractivity contribution in [3.8, 4) is 5.75 Å². The molecule has 0 spiro atoms. The van der Waals surface area contributed by atoms with Crippen LogP contribution in [0.15, 0.2) is 48.5 Å². The fourth-order valence-electron chi connectivity index (χ4n) is 2.20. The Balaban J connectivity index is 2.10. The number of phenols is 1. The Morgan fingerprint density at radius 2 is 1.96 bits per heavy atom. The third-order valence-corrected chi connectivity index (χ3v) is 4.44. The Bertz CT molecular complexity index is 755. The molecular formula is C18H19ClN2O3S. The second-order valence-corrected chi connectivity index (χ2v) is 6.72. The number of rotatable bonds is 7. The fourth-order valence-corrected chi connectivity index (χ4v) is 2.89. The molecule has 0 aliphatic rings. The van der Waals surface area contributed by atoms with Crippen LogP contribution in [0.1, 0.15) is 16.8 Å². The summed E-state index contributed by atoms with van der Waals surface area (Å²) < 4.78 is 0. The van der Waals surface area contributed by atoms with Gasteiger partial charge in [0.05, 0.1) is 10.6 Å². The van der Waals surface area contributed by atoms with Crippen LogP contribution in [-0.4, -0.2) is 35.0 Å². The minimum Gasteiger partial charge on any atom is -0.508 e. The van der Waals surface area contributed by atoms with Gasteiger partial charge in [-0.05, 0) is 42.7 Å². The molecule has 0 bridgehead atoms. The van der Waals surface area contributed by atoms with Crippen molar-refractivity contribution in [2.24, 2.45) is 0 Å². The van der Waals surface area contributed by atoms with Gasteiger partial charge < -0.3 is 15.7 Å². The van der Waals surface area contributed by atoms with E-state index in [1.807, 2.05) is 6.26 Å². The summed E-state index contributed by atoms with van der Waals surface area (Å²) in [5.74, 6) is 0.0161. The number of aromatic hydroxyl groups is 1. The monoisotopic (exact) mass is 378 g/mol. The lowest BCUT2D eigenvalue weighted by Crippen LogP contribution is -2.44. The number of carbonyl (C=O) groups is 2. The normalized spacial score (nSPS) is 11.6. The van der Waals surface area contributed by atoms with E-state index in [1.165, 1.54) is 12.1 Å². The molecule has 2 aromatic rings. The molecule has 0 heterocycles. The Hall–Kier alpha value is -2.18. The second-order valence-electron chi connectivity index (χ2n) is 5.33. The topological polar surface area (TPSA) is 78.4 Å². The number of phenolic OH excluding ortho intramolecular Hbond substituents is 1. The summed E-state index contributed by atoms with van der Waals surface area (Å²) in [4.78, 5) is 25.0. The van der Waals surface area contributed by atoms with Crippen molar-refractivity contribution < 1.29 is 14.7 Å². The maximum Gasteiger partial charge on any atom is 0.253 e. The zero-order chi connectivity index (χ0) is 18.2. The predicted molar refractivity (Wildman–Crippen MR) is 102 cm³/mol. The molecule has 0 saturated carbocycles. The Labute approximate surface area is 155 Å². The molecule has 132 valence electrons. The van der Waals surface area contributed by atoms with E-state index in [-0.39, 0.29) is 11.7 Å². The molecule has 5 nitrogen and oxygen atoms in total. The van der Waals surface area contributed by atoms with Crippen molar-refractivity contribution in [1.82, 2.24) is 5.32 Å². The minimum absolute atomic E-state index is 0.0542. The number of anilines is 1. The van der Waals surface area contributed by atoms with Crippen LogP contribution in [0.2, 0.25) is 5.02 Å². The van der Waals surface area contributed by atoms with Gasteiger partial charge in [0.2, 0.25) is 5.91 Å². The third kappa shape index (κ3) is 5.69. The van der Waals surface area contributed by atoms with Crippen molar-refractivity contribution in [1.29, 1.82) is 0 Å². The zero-order valence-corrected chi connectivity index (χ0v) is 15.2. The molecule has 0 fully saturated rings. The van der Waals surface area contributed by atoms with Gasteiger partial charge in [0.1, 0.15) is 11.8 Å². The highest BCUT2D eigenvalue weighted by Gasteiger charge is 2.22. The molecule has 25 heavy (non-hydrogen) atoms. The molecule has 0 radical (unpaired) electrons. The first-order valence-corrected chi connectivity index (χ1v) is 9.42. The molecular weight excluding hydrogens is 360 g/mol. The smallest absolute Gasteiger partial charge is 0.253 e. The Morgan fingerprint density at radius 1 is 1.20 bits per heavy atom. The van der Waals surface area contributed by atoms with Crippen molar-refractivity contribution in [3.05, 3.63) is 59.1 Å². The largest absolute Gasteiger partial charge is 0.508 e. The maximum absolute atomic E-state index is 12.5. The summed E-state index contributed by atoms with van der Waals surface area (Å²) in [6.45, 7) is 0. The SMILES string of the molecule is CSCCC(NC(=O)c1ccccc1Cl)C(=O)Nc1cccc(O)c1. The van der Waals surface area contributed by atoms with Crippen LogP contribution in [-0.2, 0) is 4.79 Å². The molecule has 0 saturated heterocycles. The van der Waals surface area contributed by atoms with Gasteiger partial charge in [-0.2, -0.15) is 11.8 Å². The lowest BCUT2D eigenvalue weighted by atomic mass is 10.1. The summed E-state index contributed by atoms with van der Waals surface area (Å²) in [6.07, 6.45) is 2.40. The number of nitrogens with one attached hydrogen (secondary N) is 2. The number of hydrogen-bond donors (Lipinski definition) is 3. The van der Waals surface area contributed by atoms with Gasteiger partial charge in [-0.15, -0.1) is 0 Å². The number of halogens is 1. The van der Waals surface area contributed by atoms with E-state index in [2.05, 4.69) is 10.6 Å². The summed E-state index contributed by atoms with van der Waals surface area (Å²) in [5, 5.41) is 15.3. The van der Waals surface area contributed by atoms with Crippen molar-refractivity contribution >= 4 is 40.9 Å². The van der Waals surface area contributed by atoms with Gasteiger partial charge in [0.15, 0.2) is 0 Å². The highest BCUT2D eigenvalue weighted by atomic mass is 35.5. The minimum atomic E-state index is -0.710. The van der Waals surface area contributed by atoms with Gasteiger partial charge >= 0.3 is 0 Å². The first-order chi connectivity index (χ1) is 12.0. The maximum atomic E-state index is 12.5. The fraction of sp³-hybridized carbons (Fsp3) is 0.222. The molecule has 2 amide bonds. The van der Waals surface area contributed by atoms with Crippen LogP contribution in [0.5, 0.6) is 5.75 Å². The summed E-state index contributed by atoms with van der Waals surface area (Å²) >= 11 is 7.63. The second kappa shape index (κ2) is 9.34. The zero-order valence-electron chi connectivity index (χ0n) is 13.7. The van der Waals surface area contributed by atoms with Crippen LogP contribution < -0.4 is 10.6 Å². The quantitative estimate of drug-likeness (QED) is 0.688. The highest BCUT2D eigenvalue weighted by Crippen LogP contribution is 2.17. The first-order valence-electron chi connectivity index (χ1n) is 7.65. The molecule has 7 heteroatoms. The number of hydrogen-bond acceptors (Lipinski definition) is 4. The molecule has 1 unspecified atom stereocenters. The molecule has 0 aromatic heterocycles. The molecule has 2 rings (SSSR count). The van der Waals surface area contributed by atoms with Gasteiger partial charge in [0, 0.05) is 11.8 Å². The van der Waals surface area contributed by atoms with Crippen LogP contribution in [0.4, 0.5) is 5.69 Å². The lowest BCUT2D eigenvalue weighted by molar-refractivity contribution is -0.118. The van der Waals surface area contributed by atoms with E-state index in [0.717, 1.165) is 0 Å². The number of benzene rings is 2. The molecule has 1 atom stereocenters. The van der Waals surface area contributed by atoms with Crippen molar-refractivity contribution in [2.75, 3.05) is 17.3 Å². The number of thioether (sulfide) groups is 1. The van der Waals surface area contributed by atoms with E-state index in [0.29, 0.717) is 28.4 Å². The highest BCUT2D eigenvalue weighted by molar-refractivity contribution is 7.98. The summed E-state index contributed by atoms with van der Waals surface area (Å²) in [6, 6.07) is 12.2. The van der Waals surface area contributed by atoms with Crippen LogP contribution >= 0.6 is 23.4 Å². The average Bonchev–Trinajstić information content (AvgIpc) is 2.58. The van der Waals surface area contributed by atoms with Crippen LogP contribution in [0, 0.1) is 0 Å². The van der Waals surface area contributed by atoms with Gasteiger partial charge in [0.25, 0.3) is 5.91 Å². The Kier molecular flexibility index (Phi) is 7.16. The van der Waals surface area contributed by atoms with E-state index in [1.54, 1.807) is 48.2 Å². The van der Waals surface area contributed by atoms with E-state index in [9.17, 15) is 14.7 Å². The van der Waals surface area contributed by atoms with Crippen molar-refractivity contribution in [3.63, 3.8) is 0 Å². The van der Waals surface area contributed by atoms with Gasteiger partial charge in [-0.25, -0.2) is 0 Å². The summed E-state index contributed by atoms with van der Waals surface area (Å²) in [5.41, 5.74) is 0.787. The van der Waals surface area contributed by atoms with E-state index in [4.69, 9.17) is 11.6 Å². The molecule has 0 aliphatic heterocycles. The third-order valence-electron chi connectivity index (χ3n) is 3.46. The first kappa shape index (κ1) is 19.1. The van der Waals surface area contributed by atoms with E-state index >= 15 is 0 Å². The van der Waals surface area contributed by atoms with Crippen LogP contribution in [0.25, 0.3) is 0 Å². The molecule has 2 aromatic carbocycles. The summed E-state index contributed by atoms with van der Waals surface area (Å²) in [7, 11) is 0. The standard InChI is InChI=1S/C18H19ClN2O3S/c1-25-10-9-16(18(24)20-12-5-4-6-13(22)11-12)21-17(23)14-7-2-3-8-15(14)19/h2-8,11,16,22H,9-10H2,1H3,(H,20,24)(H,21,23). The molecule has 3 N–H and O–H groups in total. The number of amides is 2. The number of carbonyl (C=O) groups excluding carboxylic acids is 2.